The number of aryl methyl sites for hydroxylation is 2. The Balaban J connectivity index is 1.39. The molecule has 1 N–H and O–H groups in total. The number of nitrogens with one attached hydrogen (secondary N) is 1. The van der Waals surface area contributed by atoms with Gasteiger partial charge in [-0.25, -0.2) is 4.98 Å². The van der Waals surface area contributed by atoms with Crippen molar-refractivity contribution < 1.29 is 9.53 Å². The number of carbonyl (C=O) groups excluding carboxylic acids is 1. The van der Waals surface area contributed by atoms with Gasteiger partial charge in [-0.2, -0.15) is 5.10 Å². The average molecular weight is 442 g/mol. The Morgan fingerprint density at radius 2 is 1.88 bits per heavy atom. The summed E-state index contributed by atoms with van der Waals surface area (Å²) in [5.41, 5.74) is 4.07. The lowest BCUT2D eigenvalue weighted by molar-refractivity contribution is 0.0951. The first kappa shape index (κ1) is 21.0. The van der Waals surface area contributed by atoms with Crippen LogP contribution in [-0.4, -0.2) is 32.3 Å². The fourth-order valence-electron chi connectivity index (χ4n) is 4.22. The van der Waals surface area contributed by atoms with Crippen LogP contribution in [0.25, 0.3) is 11.3 Å². The second-order valence-electron chi connectivity index (χ2n) is 8.28. The van der Waals surface area contributed by atoms with E-state index in [4.69, 9.17) is 14.8 Å². The number of imidazole rings is 1. The molecule has 7 nitrogen and oxygen atoms in total. The van der Waals surface area contributed by atoms with E-state index in [-0.39, 0.29) is 5.91 Å². The number of hydrogen-bond acceptors (Lipinski definition) is 4. The van der Waals surface area contributed by atoms with Gasteiger partial charge in [0.1, 0.15) is 17.3 Å². The van der Waals surface area contributed by atoms with Crippen LogP contribution in [0.2, 0.25) is 0 Å². The number of hydrogen-bond donors (Lipinski definition) is 1. The van der Waals surface area contributed by atoms with Crippen molar-refractivity contribution >= 4 is 5.91 Å². The molecule has 7 heteroatoms. The summed E-state index contributed by atoms with van der Waals surface area (Å²) in [6.07, 6.45) is 7.23. The maximum atomic E-state index is 13.2. The van der Waals surface area contributed by atoms with Crippen LogP contribution in [0.4, 0.5) is 0 Å². The first-order chi connectivity index (χ1) is 16.2. The van der Waals surface area contributed by atoms with Gasteiger partial charge in [0.2, 0.25) is 0 Å². The van der Waals surface area contributed by atoms with Crippen LogP contribution in [0.3, 0.4) is 0 Å². The molecule has 5 rings (SSSR count). The second-order valence-corrected chi connectivity index (χ2v) is 8.28. The fourth-order valence-corrected chi connectivity index (χ4v) is 4.22. The van der Waals surface area contributed by atoms with E-state index in [1.807, 2.05) is 53.3 Å². The summed E-state index contributed by atoms with van der Waals surface area (Å²) in [6, 6.07) is 17.7. The predicted molar refractivity (Wildman–Crippen MR) is 126 cm³/mol. The molecule has 0 spiro atoms. The summed E-state index contributed by atoms with van der Waals surface area (Å²) < 4.78 is 9.29. The number of carbonyl (C=O) groups is 1. The van der Waals surface area contributed by atoms with E-state index in [0.717, 1.165) is 41.4 Å². The smallest absolute Gasteiger partial charge is 0.255 e. The lowest BCUT2D eigenvalue weighted by atomic mass is 10.1. The number of benzene rings is 2. The number of rotatable bonds is 7. The summed E-state index contributed by atoms with van der Waals surface area (Å²) in [6.45, 7) is 1.99. The number of methoxy groups -OCH3 is 1. The summed E-state index contributed by atoms with van der Waals surface area (Å²) in [5.74, 6) is 1.71. The van der Waals surface area contributed by atoms with Crippen LogP contribution >= 0.6 is 0 Å². The number of amides is 1. The standard InChI is InChI=1S/C26H27N5O2/c1-33-22-12-10-20(11-13-22)25-23(18-31(29-25)16-19-7-3-2-4-8-19)26(32)27-15-21-17-30-14-6-5-9-24(30)28-21/h2-4,7-8,10-13,17-18H,5-6,9,14-16H2,1H3,(H,27,32). The summed E-state index contributed by atoms with van der Waals surface area (Å²) in [5, 5.41) is 7.80. The van der Waals surface area contributed by atoms with Gasteiger partial charge < -0.3 is 14.6 Å². The van der Waals surface area contributed by atoms with Crippen LogP contribution in [0.15, 0.2) is 67.0 Å². The number of fused-ring (bicyclic) bond motifs is 1. The molecule has 1 aliphatic heterocycles. The molecule has 0 saturated carbocycles. The highest BCUT2D eigenvalue weighted by atomic mass is 16.5. The molecule has 2 aromatic heterocycles. The van der Waals surface area contributed by atoms with E-state index in [9.17, 15) is 4.79 Å². The highest BCUT2D eigenvalue weighted by molar-refractivity contribution is 5.99. The van der Waals surface area contributed by atoms with E-state index in [1.54, 1.807) is 7.11 Å². The Bertz CT molecular complexity index is 1220. The van der Waals surface area contributed by atoms with Crippen LogP contribution < -0.4 is 10.1 Å². The van der Waals surface area contributed by atoms with Crippen molar-refractivity contribution in [1.29, 1.82) is 0 Å². The molecule has 3 heterocycles. The summed E-state index contributed by atoms with van der Waals surface area (Å²) in [4.78, 5) is 17.9. The molecule has 1 amide bonds. The molecule has 0 atom stereocenters. The van der Waals surface area contributed by atoms with Crippen molar-refractivity contribution in [3.8, 4) is 17.0 Å². The zero-order valence-electron chi connectivity index (χ0n) is 18.7. The lowest BCUT2D eigenvalue weighted by Crippen LogP contribution is -2.23. The third kappa shape index (κ3) is 4.67. The monoisotopic (exact) mass is 441 g/mol. The van der Waals surface area contributed by atoms with Gasteiger partial charge in [0.15, 0.2) is 0 Å². The lowest BCUT2D eigenvalue weighted by Gasteiger charge is -2.11. The number of nitrogens with zero attached hydrogens (tertiary/aromatic N) is 4. The minimum atomic E-state index is -0.161. The molecule has 0 saturated heterocycles. The summed E-state index contributed by atoms with van der Waals surface area (Å²) >= 11 is 0. The van der Waals surface area contributed by atoms with Crippen molar-refractivity contribution in [2.24, 2.45) is 0 Å². The zero-order valence-corrected chi connectivity index (χ0v) is 18.7. The topological polar surface area (TPSA) is 74.0 Å². The molecule has 0 fully saturated rings. The third-order valence-electron chi connectivity index (χ3n) is 5.95. The van der Waals surface area contributed by atoms with Crippen molar-refractivity contribution in [1.82, 2.24) is 24.6 Å². The summed E-state index contributed by atoms with van der Waals surface area (Å²) in [7, 11) is 1.64. The van der Waals surface area contributed by atoms with E-state index >= 15 is 0 Å². The molecule has 33 heavy (non-hydrogen) atoms. The fraction of sp³-hybridized carbons (Fsp3) is 0.269. The van der Waals surface area contributed by atoms with Crippen LogP contribution in [0.1, 0.15) is 40.3 Å². The SMILES string of the molecule is COc1ccc(-c2nn(Cc3ccccc3)cc2C(=O)NCc2cn3c(n2)CCCC3)cc1. The molecule has 0 radical (unpaired) electrons. The van der Waals surface area contributed by atoms with Crippen molar-refractivity contribution in [2.75, 3.05) is 7.11 Å². The first-order valence-electron chi connectivity index (χ1n) is 11.3. The highest BCUT2D eigenvalue weighted by Gasteiger charge is 2.19. The predicted octanol–water partition coefficient (Wildman–Crippen LogP) is 4.07. The Kier molecular flexibility index (Phi) is 5.93. The van der Waals surface area contributed by atoms with Crippen molar-refractivity contribution in [2.45, 2.75) is 38.9 Å². The molecule has 168 valence electrons. The van der Waals surface area contributed by atoms with Crippen molar-refractivity contribution in [3.05, 3.63) is 89.6 Å². The van der Waals surface area contributed by atoms with Gasteiger partial charge >= 0.3 is 0 Å². The maximum absolute atomic E-state index is 13.2. The van der Waals surface area contributed by atoms with Gasteiger partial charge in [-0.1, -0.05) is 30.3 Å². The minimum absolute atomic E-state index is 0.161. The van der Waals surface area contributed by atoms with Gasteiger partial charge in [-0.05, 0) is 42.7 Å². The van der Waals surface area contributed by atoms with Crippen LogP contribution in [0, 0.1) is 0 Å². The molecule has 0 unspecified atom stereocenters. The quantitative estimate of drug-likeness (QED) is 0.469. The molecule has 1 aliphatic rings. The number of ether oxygens (including phenoxy) is 1. The van der Waals surface area contributed by atoms with Crippen molar-refractivity contribution in [3.63, 3.8) is 0 Å². The number of aromatic nitrogens is 4. The molecule has 4 aromatic rings. The Morgan fingerprint density at radius 1 is 1.06 bits per heavy atom. The Hall–Kier alpha value is -3.87. The third-order valence-corrected chi connectivity index (χ3v) is 5.95. The largest absolute Gasteiger partial charge is 0.497 e. The van der Waals surface area contributed by atoms with Crippen LogP contribution in [-0.2, 0) is 26.1 Å². The van der Waals surface area contributed by atoms with E-state index < -0.39 is 0 Å². The second kappa shape index (κ2) is 9.32. The van der Waals surface area contributed by atoms with Gasteiger partial charge in [0, 0.05) is 30.9 Å². The molecular weight excluding hydrogens is 414 g/mol. The molecular formula is C26H27N5O2. The zero-order chi connectivity index (χ0) is 22.6. The minimum Gasteiger partial charge on any atom is -0.497 e. The Labute approximate surface area is 193 Å². The molecule has 0 aliphatic carbocycles. The van der Waals surface area contributed by atoms with Gasteiger partial charge in [-0.3, -0.25) is 9.48 Å². The molecule has 0 bridgehead atoms. The normalized spacial score (nSPS) is 12.9. The van der Waals surface area contributed by atoms with E-state index in [2.05, 4.69) is 28.2 Å². The maximum Gasteiger partial charge on any atom is 0.255 e. The molecule has 2 aromatic carbocycles. The van der Waals surface area contributed by atoms with Crippen LogP contribution in [0.5, 0.6) is 5.75 Å². The van der Waals surface area contributed by atoms with E-state index in [0.29, 0.717) is 24.3 Å². The first-order valence-corrected chi connectivity index (χ1v) is 11.3. The highest BCUT2D eigenvalue weighted by Crippen LogP contribution is 2.25. The van der Waals surface area contributed by atoms with Gasteiger partial charge in [0.25, 0.3) is 5.91 Å². The van der Waals surface area contributed by atoms with Gasteiger partial charge in [-0.15, -0.1) is 0 Å². The van der Waals surface area contributed by atoms with Gasteiger partial charge in [0.05, 0.1) is 31.5 Å². The average Bonchev–Trinajstić information content (AvgIpc) is 3.47. The Morgan fingerprint density at radius 3 is 2.64 bits per heavy atom. The van der Waals surface area contributed by atoms with E-state index in [1.165, 1.54) is 12.8 Å².